The van der Waals surface area contributed by atoms with Crippen molar-refractivity contribution in [2.45, 2.75) is 13.8 Å². The highest BCUT2D eigenvalue weighted by atomic mass is 35.5. The van der Waals surface area contributed by atoms with E-state index in [1.165, 1.54) is 0 Å². The highest BCUT2D eigenvalue weighted by Gasteiger charge is 2.13. The van der Waals surface area contributed by atoms with E-state index in [0.29, 0.717) is 16.7 Å². The first-order valence-corrected chi connectivity index (χ1v) is 8.97. The number of hydrogen-bond donors (Lipinski definition) is 0. The number of pyridine rings is 1. The molecule has 0 N–H and O–H groups in total. The van der Waals surface area contributed by atoms with Gasteiger partial charge in [-0.15, -0.1) is 11.3 Å². The fourth-order valence-corrected chi connectivity index (χ4v) is 3.84. The van der Waals surface area contributed by atoms with Gasteiger partial charge < -0.3 is 4.74 Å². The maximum atomic E-state index is 6.52. The van der Waals surface area contributed by atoms with Crippen LogP contribution >= 0.6 is 22.9 Å². The summed E-state index contributed by atoms with van der Waals surface area (Å²) in [5, 5.41) is 3.61. The normalized spacial score (nSPS) is 11.0. The molecule has 1 aromatic carbocycles. The molecule has 25 heavy (non-hydrogen) atoms. The van der Waals surface area contributed by atoms with Crippen LogP contribution in [0.4, 0.5) is 0 Å². The van der Waals surface area contributed by atoms with Crippen molar-refractivity contribution in [1.29, 1.82) is 0 Å². The van der Waals surface area contributed by atoms with Crippen molar-refractivity contribution in [3.8, 4) is 22.8 Å². The Balaban J connectivity index is 1.72. The standard InChI is InChI=1S/C19H14ClN3OS/c1-11-18(12(2)23-10-22-11)14-4-3-13(9-16(14)20)24-19-15-6-8-25-17(15)5-7-21-19/h3-10H,1-2H3. The molecule has 0 saturated carbocycles. The molecule has 3 aromatic heterocycles. The Morgan fingerprint density at radius 1 is 1.00 bits per heavy atom. The lowest BCUT2D eigenvalue weighted by atomic mass is 10.0. The van der Waals surface area contributed by atoms with Gasteiger partial charge in [0.25, 0.3) is 0 Å². The summed E-state index contributed by atoms with van der Waals surface area (Å²) in [5.41, 5.74) is 3.64. The molecule has 0 fully saturated rings. The minimum Gasteiger partial charge on any atom is -0.438 e. The number of aromatic nitrogens is 3. The van der Waals surface area contributed by atoms with E-state index >= 15 is 0 Å². The van der Waals surface area contributed by atoms with Crippen molar-refractivity contribution < 1.29 is 4.74 Å². The Morgan fingerprint density at radius 2 is 1.80 bits per heavy atom. The molecule has 4 aromatic rings. The van der Waals surface area contributed by atoms with Gasteiger partial charge in [-0.2, -0.15) is 0 Å². The van der Waals surface area contributed by atoms with E-state index in [1.54, 1.807) is 29.9 Å². The van der Waals surface area contributed by atoms with E-state index in [4.69, 9.17) is 16.3 Å². The molecule has 4 nitrogen and oxygen atoms in total. The lowest BCUT2D eigenvalue weighted by Crippen LogP contribution is -1.95. The number of fused-ring (bicyclic) bond motifs is 1. The van der Waals surface area contributed by atoms with Crippen LogP contribution in [0.5, 0.6) is 11.6 Å². The summed E-state index contributed by atoms with van der Waals surface area (Å²) in [4.78, 5) is 12.9. The predicted molar refractivity (Wildman–Crippen MR) is 102 cm³/mol. The number of ether oxygens (including phenoxy) is 1. The highest BCUT2D eigenvalue weighted by molar-refractivity contribution is 7.17. The Hall–Kier alpha value is -2.50. The first kappa shape index (κ1) is 16.0. The molecule has 124 valence electrons. The zero-order chi connectivity index (χ0) is 17.4. The number of benzene rings is 1. The molecule has 0 aliphatic rings. The maximum absolute atomic E-state index is 6.52. The van der Waals surface area contributed by atoms with Crippen LogP contribution < -0.4 is 4.74 Å². The van der Waals surface area contributed by atoms with Crippen LogP contribution in [0.1, 0.15) is 11.4 Å². The molecular weight excluding hydrogens is 354 g/mol. The average Bonchev–Trinajstić information content (AvgIpc) is 3.06. The third kappa shape index (κ3) is 2.97. The summed E-state index contributed by atoms with van der Waals surface area (Å²) in [5.74, 6) is 1.23. The lowest BCUT2D eigenvalue weighted by molar-refractivity contribution is 0.469. The predicted octanol–water partition coefficient (Wildman–Crippen LogP) is 5.82. The van der Waals surface area contributed by atoms with Gasteiger partial charge in [0, 0.05) is 39.5 Å². The molecule has 0 unspecified atom stereocenters. The lowest BCUT2D eigenvalue weighted by Gasteiger charge is -2.12. The smallest absolute Gasteiger partial charge is 0.227 e. The highest BCUT2D eigenvalue weighted by Crippen LogP contribution is 2.36. The fourth-order valence-electron chi connectivity index (χ4n) is 2.81. The molecule has 3 heterocycles. The largest absolute Gasteiger partial charge is 0.438 e. The minimum atomic E-state index is 0.581. The third-order valence-electron chi connectivity index (χ3n) is 3.99. The van der Waals surface area contributed by atoms with Gasteiger partial charge in [0.05, 0.1) is 10.4 Å². The first-order valence-electron chi connectivity index (χ1n) is 7.71. The van der Waals surface area contributed by atoms with Crippen molar-refractivity contribution >= 4 is 33.0 Å². The Kier molecular flexibility index (Phi) is 4.11. The molecule has 4 rings (SSSR count). The van der Waals surface area contributed by atoms with Crippen molar-refractivity contribution in [2.24, 2.45) is 0 Å². The van der Waals surface area contributed by atoms with E-state index in [0.717, 1.165) is 32.6 Å². The van der Waals surface area contributed by atoms with Crippen LogP contribution in [0, 0.1) is 13.8 Å². The van der Waals surface area contributed by atoms with Gasteiger partial charge in [0.1, 0.15) is 12.1 Å². The molecule has 6 heteroatoms. The molecule has 0 bridgehead atoms. The van der Waals surface area contributed by atoms with Gasteiger partial charge in [0.2, 0.25) is 5.88 Å². The summed E-state index contributed by atoms with van der Waals surface area (Å²) >= 11 is 8.18. The summed E-state index contributed by atoms with van der Waals surface area (Å²) in [6.07, 6.45) is 3.31. The van der Waals surface area contributed by atoms with Crippen LogP contribution in [-0.4, -0.2) is 15.0 Å². The first-order chi connectivity index (χ1) is 12.1. The minimum absolute atomic E-state index is 0.581. The molecule has 0 amide bonds. The number of aryl methyl sites for hydroxylation is 2. The molecule has 0 radical (unpaired) electrons. The summed E-state index contributed by atoms with van der Waals surface area (Å²) in [7, 11) is 0. The fraction of sp³-hybridized carbons (Fsp3) is 0.105. The summed E-state index contributed by atoms with van der Waals surface area (Å²) < 4.78 is 7.10. The SMILES string of the molecule is Cc1ncnc(C)c1-c1ccc(Oc2nccc3sccc23)cc1Cl. The quantitative estimate of drug-likeness (QED) is 0.458. The van der Waals surface area contributed by atoms with Crippen molar-refractivity contribution in [2.75, 3.05) is 0 Å². The number of nitrogens with zero attached hydrogens (tertiary/aromatic N) is 3. The maximum Gasteiger partial charge on any atom is 0.227 e. The summed E-state index contributed by atoms with van der Waals surface area (Å²) in [6, 6.07) is 9.61. The van der Waals surface area contributed by atoms with E-state index < -0.39 is 0 Å². The second kappa shape index (κ2) is 6.43. The van der Waals surface area contributed by atoms with Crippen molar-refractivity contribution in [3.63, 3.8) is 0 Å². The molecule has 0 aliphatic carbocycles. The number of thiophene rings is 1. The van der Waals surface area contributed by atoms with Gasteiger partial charge in [0.15, 0.2) is 0 Å². The van der Waals surface area contributed by atoms with Gasteiger partial charge >= 0.3 is 0 Å². The van der Waals surface area contributed by atoms with E-state index in [2.05, 4.69) is 15.0 Å². The zero-order valence-corrected chi connectivity index (χ0v) is 15.2. The van der Waals surface area contributed by atoms with Gasteiger partial charge in [-0.05, 0) is 43.5 Å². The molecule has 0 atom stereocenters. The topological polar surface area (TPSA) is 47.9 Å². The molecule has 0 spiro atoms. The van der Waals surface area contributed by atoms with Crippen LogP contribution in [0.2, 0.25) is 5.02 Å². The third-order valence-corrected chi connectivity index (χ3v) is 5.19. The van der Waals surface area contributed by atoms with Crippen molar-refractivity contribution in [1.82, 2.24) is 15.0 Å². The van der Waals surface area contributed by atoms with Crippen LogP contribution in [-0.2, 0) is 0 Å². The molecule has 0 saturated heterocycles. The zero-order valence-electron chi connectivity index (χ0n) is 13.7. The van der Waals surface area contributed by atoms with Crippen LogP contribution in [0.25, 0.3) is 21.2 Å². The average molecular weight is 368 g/mol. The van der Waals surface area contributed by atoms with Crippen molar-refractivity contribution in [3.05, 3.63) is 64.6 Å². The number of rotatable bonds is 3. The number of halogens is 1. The second-order valence-electron chi connectivity index (χ2n) is 5.61. The van der Waals surface area contributed by atoms with Gasteiger partial charge in [-0.25, -0.2) is 15.0 Å². The van der Waals surface area contributed by atoms with E-state index in [9.17, 15) is 0 Å². The summed E-state index contributed by atoms with van der Waals surface area (Å²) in [6.45, 7) is 3.90. The Bertz CT molecular complexity index is 1060. The van der Waals surface area contributed by atoms with Crippen LogP contribution in [0.15, 0.2) is 48.2 Å². The van der Waals surface area contributed by atoms with E-state index in [1.807, 2.05) is 43.5 Å². The van der Waals surface area contributed by atoms with Crippen LogP contribution in [0.3, 0.4) is 0 Å². The van der Waals surface area contributed by atoms with Gasteiger partial charge in [-0.1, -0.05) is 11.6 Å². The Morgan fingerprint density at radius 3 is 2.56 bits per heavy atom. The second-order valence-corrected chi connectivity index (χ2v) is 6.97. The van der Waals surface area contributed by atoms with Gasteiger partial charge in [-0.3, -0.25) is 0 Å². The Labute approximate surface area is 154 Å². The monoisotopic (exact) mass is 367 g/mol. The molecular formula is C19H14ClN3OS. The molecule has 0 aliphatic heterocycles. The number of hydrogen-bond acceptors (Lipinski definition) is 5. The van der Waals surface area contributed by atoms with E-state index in [-0.39, 0.29) is 0 Å².